The van der Waals surface area contributed by atoms with Crippen LogP contribution in [0.2, 0.25) is 0 Å². The molecule has 0 saturated heterocycles. The van der Waals surface area contributed by atoms with E-state index in [4.69, 9.17) is 5.73 Å². The molecule has 2 aliphatic carbocycles. The first-order valence-electron chi connectivity index (χ1n) is 6.22. The SMILES string of the molecule is Nc1ncc(Br)c2c1ncn2[C@@H]1[C@@H](O)[C@@H](O)[C@H]2C[C@H]21. The predicted octanol–water partition coefficient (Wildman–Crippen LogP) is 0.689. The fourth-order valence-electron chi connectivity index (χ4n) is 3.36. The van der Waals surface area contributed by atoms with Crippen LogP contribution in [0.25, 0.3) is 11.0 Å². The number of pyridine rings is 1. The van der Waals surface area contributed by atoms with Crippen LogP contribution in [-0.2, 0) is 0 Å². The minimum atomic E-state index is -0.748. The Morgan fingerprint density at radius 2 is 2.05 bits per heavy atom. The lowest BCUT2D eigenvalue weighted by Crippen LogP contribution is -2.31. The van der Waals surface area contributed by atoms with Gasteiger partial charge in [-0.1, -0.05) is 0 Å². The second-order valence-electron chi connectivity index (χ2n) is 5.38. The summed E-state index contributed by atoms with van der Waals surface area (Å²) in [4.78, 5) is 8.34. The summed E-state index contributed by atoms with van der Waals surface area (Å²) >= 11 is 3.45. The minimum Gasteiger partial charge on any atom is -0.390 e. The lowest BCUT2D eigenvalue weighted by atomic mass is 10.1. The lowest BCUT2D eigenvalue weighted by molar-refractivity contribution is 0.00394. The molecule has 2 heterocycles. The third-order valence-electron chi connectivity index (χ3n) is 4.37. The van der Waals surface area contributed by atoms with Gasteiger partial charge in [-0.15, -0.1) is 0 Å². The third kappa shape index (κ3) is 1.43. The Bertz CT molecular complexity index is 673. The van der Waals surface area contributed by atoms with E-state index < -0.39 is 12.2 Å². The van der Waals surface area contributed by atoms with Crippen molar-refractivity contribution in [2.75, 3.05) is 5.73 Å². The number of fused-ring (bicyclic) bond motifs is 2. The van der Waals surface area contributed by atoms with Crippen LogP contribution < -0.4 is 5.73 Å². The van der Waals surface area contributed by atoms with Gasteiger partial charge >= 0.3 is 0 Å². The molecule has 2 fully saturated rings. The Morgan fingerprint density at radius 1 is 1.26 bits per heavy atom. The summed E-state index contributed by atoms with van der Waals surface area (Å²) in [5.74, 6) is 0.913. The Balaban J connectivity index is 1.91. The monoisotopic (exact) mass is 324 g/mol. The zero-order valence-electron chi connectivity index (χ0n) is 9.94. The van der Waals surface area contributed by atoms with E-state index >= 15 is 0 Å². The van der Waals surface area contributed by atoms with Gasteiger partial charge < -0.3 is 20.5 Å². The number of halogens is 1. The van der Waals surface area contributed by atoms with E-state index in [0.29, 0.717) is 17.3 Å². The van der Waals surface area contributed by atoms with E-state index in [0.717, 1.165) is 16.4 Å². The summed E-state index contributed by atoms with van der Waals surface area (Å²) in [7, 11) is 0. The van der Waals surface area contributed by atoms with Gasteiger partial charge in [0.1, 0.15) is 11.6 Å². The number of nitrogens with two attached hydrogens (primary N) is 1. The van der Waals surface area contributed by atoms with Gasteiger partial charge in [0.15, 0.2) is 5.82 Å². The number of rotatable bonds is 1. The van der Waals surface area contributed by atoms with Crippen molar-refractivity contribution in [2.24, 2.45) is 11.8 Å². The highest BCUT2D eigenvalue weighted by atomic mass is 79.9. The Morgan fingerprint density at radius 3 is 2.74 bits per heavy atom. The molecule has 19 heavy (non-hydrogen) atoms. The summed E-state index contributed by atoms with van der Waals surface area (Å²) < 4.78 is 2.71. The Kier molecular flexibility index (Phi) is 2.25. The number of aromatic nitrogens is 3. The molecule has 2 aliphatic rings. The molecule has 0 unspecified atom stereocenters. The standard InChI is InChI=1S/C12H13BrN4O2/c13-6-2-15-12(14)7-9(6)17(3-16-7)8-4-1-5(4)10(18)11(8)19/h2-5,8,10-11,18-19H,1H2,(H2,14,15)/t4-,5+,8+,10+,11-/m1/s1. The molecule has 4 rings (SSSR count). The lowest BCUT2D eigenvalue weighted by Gasteiger charge is -2.22. The minimum absolute atomic E-state index is 0.136. The number of aliphatic hydroxyl groups excluding tert-OH is 2. The van der Waals surface area contributed by atoms with E-state index in [1.54, 1.807) is 12.5 Å². The molecule has 0 spiro atoms. The largest absolute Gasteiger partial charge is 0.390 e. The van der Waals surface area contributed by atoms with Gasteiger partial charge in [0.05, 0.1) is 28.5 Å². The molecule has 4 N–H and O–H groups in total. The number of hydrogen-bond donors (Lipinski definition) is 3. The second-order valence-corrected chi connectivity index (χ2v) is 6.23. The van der Waals surface area contributed by atoms with E-state index in [9.17, 15) is 10.2 Å². The molecule has 2 saturated carbocycles. The summed E-state index contributed by atoms with van der Waals surface area (Å²) in [5, 5.41) is 20.1. The summed E-state index contributed by atoms with van der Waals surface area (Å²) in [6.07, 6.45) is 2.89. The van der Waals surface area contributed by atoms with Crippen molar-refractivity contribution in [3.63, 3.8) is 0 Å². The summed E-state index contributed by atoms with van der Waals surface area (Å²) in [5.41, 5.74) is 7.28. The molecule has 7 heteroatoms. The number of hydrogen-bond acceptors (Lipinski definition) is 5. The molecule has 100 valence electrons. The highest BCUT2D eigenvalue weighted by molar-refractivity contribution is 9.10. The summed E-state index contributed by atoms with van der Waals surface area (Å²) in [6, 6.07) is -0.136. The predicted molar refractivity (Wildman–Crippen MR) is 72.3 cm³/mol. The average Bonchev–Trinajstić information content (AvgIpc) is 2.96. The summed E-state index contributed by atoms with van der Waals surface area (Å²) in [6.45, 7) is 0. The fourth-order valence-corrected chi connectivity index (χ4v) is 3.85. The van der Waals surface area contributed by atoms with Crippen LogP contribution in [0.1, 0.15) is 12.5 Å². The van der Waals surface area contributed by atoms with Crippen molar-refractivity contribution in [3.05, 3.63) is 17.0 Å². The van der Waals surface area contributed by atoms with Crippen LogP contribution in [0.15, 0.2) is 17.0 Å². The maximum absolute atomic E-state index is 10.2. The highest BCUT2D eigenvalue weighted by Crippen LogP contribution is 2.58. The smallest absolute Gasteiger partial charge is 0.151 e. The van der Waals surface area contributed by atoms with E-state index in [2.05, 4.69) is 25.9 Å². The normalized spacial score (nSPS) is 36.7. The zero-order chi connectivity index (χ0) is 13.3. The number of nitrogens with zero attached hydrogens (tertiary/aromatic N) is 3. The molecule has 0 radical (unpaired) electrons. The molecular formula is C12H13BrN4O2. The third-order valence-corrected chi connectivity index (χ3v) is 4.95. The van der Waals surface area contributed by atoms with Crippen molar-refractivity contribution in [2.45, 2.75) is 24.7 Å². The van der Waals surface area contributed by atoms with Gasteiger partial charge in [-0.25, -0.2) is 9.97 Å². The van der Waals surface area contributed by atoms with Gasteiger partial charge in [0.2, 0.25) is 0 Å². The van der Waals surface area contributed by atoms with Gasteiger partial charge in [0.25, 0.3) is 0 Å². The van der Waals surface area contributed by atoms with Crippen LogP contribution in [0.4, 0.5) is 5.82 Å². The molecule has 0 aromatic carbocycles. The zero-order valence-corrected chi connectivity index (χ0v) is 11.5. The average molecular weight is 325 g/mol. The number of nitrogen functional groups attached to an aromatic ring is 1. The van der Waals surface area contributed by atoms with Crippen LogP contribution >= 0.6 is 15.9 Å². The molecule has 6 nitrogen and oxygen atoms in total. The van der Waals surface area contributed by atoms with Crippen molar-refractivity contribution in [1.29, 1.82) is 0 Å². The first-order chi connectivity index (χ1) is 9.09. The van der Waals surface area contributed by atoms with Crippen molar-refractivity contribution in [1.82, 2.24) is 14.5 Å². The van der Waals surface area contributed by atoms with Crippen LogP contribution in [0.3, 0.4) is 0 Å². The maximum Gasteiger partial charge on any atom is 0.151 e. The van der Waals surface area contributed by atoms with Crippen LogP contribution in [0.5, 0.6) is 0 Å². The van der Waals surface area contributed by atoms with E-state index in [-0.39, 0.29) is 12.0 Å². The first-order valence-corrected chi connectivity index (χ1v) is 7.01. The van der Waals surface area contributed by atoms with Gasteiger partial charge in [-0.2, -0.15) is 0 Å². The number of aliphatic hydroxyl groups is 2. The molecule has 5 atom stereocenters. The molecule has 0 amide bonds. The van der Waals surface area contributed by atoms with E-state index in [1.165, 1.54) is 0 Å². The van der Waals surface area contributed by atoms with Gasteiger partial charge in [-0.3, -0.25) is 0 Å². The topological polar surface area (TPSA) is 97.2 Å². The van der Waals surface area contributed by atoms with Gasteiger partial charge in [-0.05, 0) is 34.2 Å². The molecule has 0 bridgehead atoms. The molecule has 2 aromatic rings. The van der Waals surface area contributed by atoms with Crippen LogP contribution in [-0.4, -0.2) is 37.0 Å². The van der Waals surface area contributed by atoms with Crippen molar-refractivity contribution in [3.8, 4) is 0 Å². The molecular weight excluding hydrogens is 312 g/mol. The molecule has 2 aromatic heterocycles. The van der Waals surface area contributed by atoms with Crippen molar-refractivity contribution < 1.29 is 10.2 Å². The Hall–Kier alpha value is -1.18. The second kappa shape index (κ2) is 3.68. The Labute approximate surface area is 117 Å². The number of anilines is 1. The number of imidazole rings is 1. The fraction of sp³-hybridized carbons (Fsp3) is 0.500. The first kappa shape index (κ1) is 11.6. The maximum atomic E-state index is 10.2. The van der Waals surface area contributed by atoms with Crippen LogP contribution in [0, 0.1) is 11.8 Å². The van der Waals surface area contributed by atoms with Gasteiger partial charge in [0, 0.05) is 6.20 Å². The van der Waals surface area contributed by atoms with Crippen molar-refractivity contribution >= 4 is 32.8 Å². The quantitative estimate of drug-likeness (QED) is 0.717. The highest BCUT2D eigenvalue weighted by Gasteiger charge is 2.60. The molecule has 0 aliphatic heterocycles. The van der Waals surface area contributed by atoms with E-state index in [1.807, 2.05) is 4.57 Å².